The number of urea groups is 1. The van der Waals surface area contributed by atoms with Crippen molar-refractivity contribution in [3.8, 4) is 11.5 Å². The fourth-order valence-electron chi connectivity index (χ4n) is 4.71. The number of carbonyl (C=O) groups is 4. The number of aryl methyl sites for hydroxylation is 1. The molecule has 1 saturated heterocycles. The largest absolute Gasteiger partial charge is 0.490 e. The van der Waals surface area contributed by atoms with Gasteiger partial charge in [-0.2, -0.15) is 0 Å². The Morgan fingerprint density at radius 1 is 0.905 bits per heavy atom. The minimum absolute atomic E-state index is 0.186. The Hall–Kier alpha value is -5.44. The van der Waals surface area contributed by atoms with Crippen molar-refractivity contribution in [1.82, 2.24) is 5.32 Å². The molecule has 4 aromatic rings. The third kappa shape index (κ3) is 5.57. The molecule has 212 valence electrons. The van der Waals surface area contributed by atoms with Crippen LogP contribution >= 0.6 is 0 Å². The number of benzene rings is 4. The molecule has 1 N–H and O–H groups in total. The maximum absolute atomic E-state index is 13.3. The lowest BCUT2D eigenvalue weighted by atomic mass is 10.0. The molecule has 0 bridgehead atoms. The number of ether oxygens (including phenoxy) is 3. The average molecular weight is 565 g/mol. The first-order chi connectivity index (χ1) is 20.3. The summed E-state index contributed by atoms with van der Waals surface area (Å²) in [5.41, 5.74) is 2.87. The van der Waals surface area contributed by atoms with Crippen molar-refractivity contribution in [2.24, 2.45) is 0 Å². The molecule has 0 aliphatic carbocycles. The van der Waals surface area contributed by atoms with Crippen LogP contribution in [0.2, 0.25) is 0 Å². The van der Waals surface area contributed by atoms with Crippen molar-refractivity contribution in [3.05, 3.63) is 107 Å². The highest BCUT2D eigenvalue weighted by Gasteiger charge is 2.37. The standard InChI is InChI=1S/C33H28N2O7/c1-4-41-29-18-21(10-16-28(29)42-19-27-20(2)9-11-22-7-5-6-8-25(22)27)17-26-30(36)34-33(39)35(31(26)37)24-14-12-23(13-15-24)32(38)40-3/h5-18H,4,19H2,1-3H3,(H,34,36,39)/b26-17+. The number of hydrogen-bond acceptors (Lipinski definition) is 7. The highest BCUT2D eigenvalue weighted by molar-refractivity contribution is 6.39. The molecule has 4 aromatic carbocycles. The van der Waals surface area contributed by atoms with Gasteiger partial charge in [0.15, 0.2) is 11.5 Å². The van der Waals surface area contributed by atoms with Crippen molar-refractivity contribution >= 4 is 46.4 Å². The van der Waals surface area contributed by atoms with E-state index in [4.69, 9.17) is 9.47 Å². The van der Waals surface area contributed by atoms with Gasteiger partial charge in [0, 0.05) is 5.56 Å². The van der Waals surface area contributed by atoms with Crippen LogP contribution in [0.4, 0.5) is 10.5 Å². The Morgan fingerprint density at radius 3 is 2.40 bits per heavy atom. The van der Waals surface area contributed by atoms with Crippen LogP contribution in [0.25, 0.3) is 16.8 Å². The van der Waals surface area contributed by atoms with Crippen molar-refractivity contribution in [2.45, 2.75) is 20.5 Å². The van der Waals surface area contributed by atoms with E-state index >= 15 is 0 Å². The van der Waals surface area contributed by atoms with E-state index in [9.17, 15) is 19.2 Å². The molecular weight excluding hydrogens is 536 g/mol. The molecule has 5 rings (SSSR count). The van der Waals surface area contributed by atoms with Crippen LogP contribution in [0.1, 0.15) is 34.0 Å². The van der Waals surface area contributed by atoms with Gasteiger partial charge in [0.25, 0.3) is 11.8 Å². The molecule has 1 aliphatic heterocycles. The Labute approximate surface area is 242 Å². The van der Waals surface area contributed by atoms with E-state index < -0.39 is 23.8 Å². The highest BCUT2D eigenvalue weighted by Crippen LogP contribution is 2.32. The van der Waals surface area contributed by atoms with Gasteiger partial charge in [-0.3, -0.25) is 14.9 Å². The Kier molecular flexibility index (Phi) is 8.01. The molecule has 0 aromatic heterocycles. The van der Waals surface area contributed by atoms with Crippen molar-refractivity contribution in [2.75, 3.05) is 18.6 Å². The summed E-state index contributed by atoms with van der Waals surface area (Å²) in [6, 6.07) is 22.2. The van der Waals surface area contributed by atoms with Gasteiger partial charge < -0.3 is 14.2 Å². The first-order valence-corrected chi connectivity index (χ1v) is 13.3. The van der Waals surface area contributed by atoms with Crippen molar-refractivity contribution in [1.29, 1.82) is 0 Å². The molecule has 9 heteroatoms. The molecule has 1 fully saturated rings. The number of amides is 4. The fraction of sp³-hybridized carbons (Fsp3) is 0.152. The van der Waals surface area contributed by atoms with Crippen LogP contribution < -0.4 is 19.7 Å². The summed E-state index contributed by atoms with van der Waals surface area (Å²) in [7, 11) is 1.25. The van der Waals surface area contributed by atoms with Gasteiger partial charge in [0.1, 0.15) is 12.2 Å². The number of fused-ring (bicyclic) bond motifs is 1. The summed E-state index contributed by atoms with van der Waals surface area (Å²) in [5.74, 6) is -1.24. The summed E-state index contributed by atoms with van der Waals surface area (Å²) >= 11 is 0. The molecule has 4 amide bonds. The molecule has 0 atom stereocenters. The van der Waals surface area contributed by atoms with E-state index in [0.29, 0.717) is 30.3 Å². The third-order valence-electron chi connectivity index (χ3n) is 6.87. The van der Waals surface area contributed by atoms with Crippen LogP contribution in [0.5, 0.6) is 11.5 Å². The molecule has 0 saturated carbocycles. The Morgan fingerprint density at radius 2 is 1.67 bits per heavy atom. The lowest BCUT2D eigenvalue weighted by Crippen LogP contribution is -2.54. The van der Waals surface area contributed by atoms with Crippen molar-refractivity contribution < 1.29 is 33.4 Å². The summed E-state index contributed by atoms with van der Waals surface area (Å²) in [6.07, 6.45) is 1.39. The number of hydrogen-bond donors (Lipinski definition) is 1. The number of esters is 1. The molecule has 1 aliphatic rings. The van der Waals surface area contributed by atoms with E-state index in [1.54, 1.807) is 18.2 Å². The maximum Gasteiger partial charge on any atom is 0.337 e. The van der Waals surface area contributed by atoms with Gasteiger partial charge in [-0.1, -0.05) is 42.5 Å². The molecule has 1 heterocycles. The van der Waals surface area contributed by atoms with Gasteiger partial charge >= 0.3 is 12.0 Å². The van der Waals surface area contributed by atoms with Gasteiger partial charge in [0.05, 0.1) is 25.0 Å². The third-order valence-corrected chi connectivity index (χ3v) is 6.87. The topological polar surface area (TPSA) is 111 Å². The summed E-state index contributed by atoms with van der Waals surface area (Å²) in [5, 5.41) is 4.43. The first kappa shape index (κ1) is 28.1. The number of imide groups is 2. The smallest absolute Gasteiger partial charge is 0.337 e. The van der Waals surface area contributed by atoms with Crippen LogP contribution in [0.15, 0.2) is 84.4 Å². The zero-order chi connectivity index (χ0) is 29.8. The number of methoxy groups -OCH3 is 1. The lowest BCUT2D eigenvalue weighted by Gasteiger charge is -2.26. The second kappa shape index (κ2) is 12.0. The molecule has 0 unspecified atom stereocenters. The molecule has 42 heavy (non-hydrogen) atoms. The van der Waals surface area contributed by atoms with Gasteiger partial charge in [0.2, 0.25) is 0 Å². The first-order valence-electron chi connectivity index (χ1n) is 13.3. The molecule has 9 nitrogen and oxygen atoms in total. The van der Waals surface area contributed by atoms with Gasteiger partial charge in [-0.05, 0) is 78.2 Å². The second-order valence-electron chi connectivity index (χ2n) is 9.51. The molecular formula is C33H28N2O7. The van der Waals surface area contributed by atoms with Crippen LogP contribution in [0, 0.1) is 6.92 Å². The van der Waals surface area contributed by atoms with E-state index in [1.165, 1.54) is 37.5 Å². The zero-order valence-corrected chi connectivity index (χ0v) is 23.3. The number of anilines is 1. The normalized spacial score (nSPS) is 14.2. The zero-order valence-electron chi connectivity index (χ0n) is 23.3. The van der Waals surface area contributed by atoms with Crippen LogP contribution in [-0.4, -0.2) is 37.5 Å². The Balaban J connectivity index is 1.42. The van der Waals surface area contributed by atoms with E-state index in [-0.39, 0.29) is 16.8 Å². The van der Waals surface area contributed by atoms with Crippen LogP contribution in [-0.2, 0) is 20.9 Å². The monoisotopic (exact) mass is 564 g/mol. The highest BCUT2D eigenvalue weighted by atomic mass is 16.5. The number of carbonyl (C=O) groups excluding carboxylic acids is 4. The second-order valence-corrected chi connectivity index (χ2v) is 9.51. The van der Waals surface area contributed by atoms with E-state index in [0.717, 1.165) is 26.8 Å². The lowest BCUT2D eigenvalue weighted by molar-refractivity contribution is -0.122. The predicted molar refractivity (Wildman–Crippen MR) is 157 cm³/mol. The quantitative estimate of drug-likeness (QED) is 0.169. The number of barbiturate groups is 1. The maximum atomic E-state index is 13.3. The molecule has 0 spiro atoms. The van der Waals surface area contributed by atoms with E-state index in [1.807, 2.05) is 26.0 Å². The minimum Gasteiger partial charge on any atom is -0.490 e. The van der Waals surface area contributed by atoms with Gasteiger partial charge in [-0.15, -0.1) is 0 Å². The number of rotatable bonds is 8. The average Bonchev–Trinajstić information content (AvgIpc) is 2.99. The summed E-state index contributed by atoms with van der Waals surface area (Å²) in [4.78, 5) is 51.2. The number of nitrogens with one attached hydrogen (secondary N) is 1. The number of nitrogens with zero attached hydrogens (tertiary/aromatic N) is 1. The summed E-state index contributed by atoms with van der Waals surface area (Å²) in [6.45, 7) is 4.57. The fourth-order valence-corrected chi connectivity index (χ4v) is 4.71. The van der Waals surface area contributed by atoms with Crippen LogP contribution in [0.3, 0.4) is 0 Å². The Bertz CT molecular complexity index is 1740. The predicted octanol–water partition coefficient (Wildman–Crippen LogP) is 5.58. The molecule has 0 radical (unpaired) electrons. The summed E-state index contributed by atoms with van der Waals surface area (Å²) < 4.78 is 16.7. The minimum atomic E-state index is -0.893. The van der Waals surface area contributed by atoms with Crippen molar-refractivity contribution in [3.63, 3.8) is 0 Å². The van der Waals surface area contributed by atoms with Gasteiger partial charge in [-0.25, -0.2) is 14.5 Å². The van der Waals surface area contributed by atoms with E-state index in [2.05, 4.69) is 34.3 Å². The SMILES string of the molecule is CCOc1cc(/C=C2\C(=O)NC(=O)N(c3ccc(C(=O)OC)cc3)C2=O)ccc1OCc1c(C)ccc2ccccc12.